The SMILES string of the molecule is OC1CCNC1c1cccc(Cl)c1. The van der Waals surface area contributed by atoms with Gasteiger partial charge in [-0.05, 0) is 30.7 Å². The van der Waals surface area contributed by atoms with Crippen molar-refractivity contribution < 1.29 is 5.11 Å². The van der Waals surface area contributed by atoms with Gasteiger partial charge in [0.05, 0.1) is 12.1 Å². The molecule has 1 fully saturated rings. The molecule has 70 valence electrons. The van der Waals surface area contributed by atoms with Crippen LogP contribution in [0.2, 0.25) is 5.02 Å². The van der Waals surface area contributed by atoms with Crippen molar-refractivity contribution in [2.75, 3.05) is 6.54 Å². The fraction of sp³-hybridized carbons (Fsp3) is 0.400. The highest BCUT2D eigenvalue weighted by atomic mass is 35.5. The maximum atomic E-state index is 9.63. The van der Waals surface area contributed by atoms with Crippen molar-refractivity contribution in [1.29, 1.82) is 0 Å². The summed E-state index contributed by atoms with van der Waals surface area (Å²) in [7, 11) is 0. The van der Waals surface area contributed by atoms with Gasteiger partial charge in [0, 0.05) is 5.02 Å². The Morgan fingerprint density at radius 1 is 1.46 bits per heavy atom. The Hall–Kier alpha value is -0.570. The summed E-state index contributed by atoms with van der Waals surface area (Å²) in [5.74, 6) is 0. The zero-order valence-electron chi connectivity index (χ0n) is 7.20. The zero-order chi connectivity index (χ0) is 9.26. The van der Waals surface area contributed by atoms with E-state index in [4.69, 9.17) is 11.6 Å². The van der Waals surface area contributed by atoms with Gasteiger partial charge in [-0.3, -0.25) is 0 Å². The van der Waals surface area contributed by atoms with Gasteiger partial charge in [-0.2, -0.15) is 0 Å². The molecule has 2 rings (SSSR count). The van der Waals surface area contributed by atoms with Crippen molar-refractivity contribution in [2.24, 2.45) is 0 Å². The first-order chi connectivity index (χ1) is 6.27. The highest BCUT2D eigenvalue weighted by Crippen LogP contribution is 2.25. The number of rotatable bonds is 1. The molecule has 0 aliphatic carbocycles. The van der Waals surface area contributed by atoms with E-state index < -0.39 is 0 Å². The highest BCUT2D eigenvalue weighted by Gasteiger charge is 2.25. The minimum atomic E-state index is -0.279. The smallest absolute Gasteiger partial charge is 0.0747 e. The van der Waals surface area contributed by atoms with E-state index in [-0.39, 0.29) is 12.1 Å². The molecule has 0 radical (unpaired) electrons. The Bertz CT molecular complexity index is 303. The van der Waals surface area contributed by atoms with E-state index in [9.17, 15) is 5.11 Å². The molecular formula is C10H12ClNO. The van der Waals surface area contributed by atoms with Gasteiger partial charge in [-0.25, -0.2) is 0 Å². The van der Waals surface area contributed by atoms with Crippen LogP contribution in [0.1, 0.15) is 18.0 Å². The Morgan fingerprint density at radius 3 is 2.92 bits per heavy atom. The molecule has 1 heterocycles. The topological polar surface area (TPSA) is 32.3 Å². The number of hydrogen-bond donors (Lipinski definition) is 2. The minimum Gasteiger partial charge on any atom is -0.391 e. The van der Waals surface area contributed by atoms with Crippen LogP contribution in [0.15, 0.2) is 24.3 Å². The summed E-state index contributed by atoms with van der Waals surface area (Å²) in [4.78, 5) is 0. The summed E-state index contributed by atoms with van der Waals surface area (Å²) in [6, 6.07) is 7.68. The first-order valence-electron chi connectivity index (χ1n) is 4.44. The fourth-order valence-electron chi connectivity index (χ4n) is 1.73. The average Bonchev–Trinajstić information content (AvgIpc) is 2.51. The van der Waals surface area contributed by atoms with Gasteiger partial charge in [0.1, 0.15) is 0 Å². The second kappa shape index (κ2) is 3.66. The zero-order valence-corrected chi connectivity index (χ0v) is 7.96. The van der Waals surface area contributed by atoms with Crippen molar-refractivity contribution in [1.82, 2.24) is 5.32 Å². The molecule has 3 heteroatoms. The van der Waals surface area contributed by atoms with Gasteiger partial charge in [0.25, 0.3) is 0 Å². The van der Waals surface area contributed by atoms with Gasteiger partial charge >= 0.3 is 0 Å². The number of benzene rings is 1. The minimum absolute atomic E-state index is 0.0544. The monoisotopic (exact) mass is 197 g/mol. The molecule has 2 unspecified atom stereocenters. The summed E-state index contributed by atoms with van der Waals surface area (Å²) in [6.07, 6.45) is 0.537. The first-order valence-corrected chi connectivity index (χ1v) is 4.82. The molecule has 2 atom stereocenters. The van der Waals surface area contributed by atoms with Crippen LogP contribution in [-0.4, -0.2) is 17.8 Å². The third-order valence-corrected chi connectivity index (χ3v) is 2.63. The molecule has 1 aliphatic heterocycles. The van der Waals surface area contributed by atoms with Crippen LogP contribution in [0, 0.1) is 0 Å². The van der Waals surface area contributed by atoms with E-state index in [0.29, 0.717) is 0 Å². The Morgan fingerprint density at radius 2 is 2.31 bits per heavy atom. The molecule has 0 amide bonds. The Labute approximate surface area is 82.5 Å². The summed E-state index contributed by atoms with van der Waals surface area (Å²) in [5, 5.41) is 13.6. The lowest BCUT2D eigenvalue weighted by Gasteiger charge is -2.14. The lowest BCUT2D eigenvalue weighted by atomic mass is 10.0. The van der Waals surface area contributed by atoms with Crippen molar-refractivity contribution >= 4 is 11.6 Å². The quantitative estimate of drug-likeness (QED) is 0.719. The molecule has 0 aromatic heterocycles. The molecular weight excluding hydrogens is 186 g/mol. The maximum Gasteiger partial charge on any atom is 0.0747 e. The number of aliphatic hydroxyl groups excluding tert-OH is 1. The van der Waals surface area contributed by atoms with Gasteiger partial charge in [0.15, 0.2) is 0 Å². The maximum absolute atomic E-state index is 9.63. The van der Waals surface area contributed by atoms with E-state index in [0.717, 1.165) is 23.6 Å². The van der Waals surface area contributed by atoms with Crippen LogP contribution in [0.25, 0.3) is 0 Å². The van der Waals surface area contributed by atoms with E-state index in [1.807, 2.05) is 24.3 Å². The number of aliphatic hydroxyl groups is 1. The second-order valence-electron chi connectivity index (χ2n) is 3.34. The number of halogens is 1. The summed E-state index contributed by atoms with van der Waals surface area (Å²) >= 11 is 5.86. The predicted octanol–water partition coefficient (Wildman–Crippen LogP) is 1.74. The number of nitrogens with one attached hydrogen (secondary N) is 1. The summed E-state index contributed by atoms with van der Waals surface area (Å²) < 4.78 is 0. The van der Waals surface area contributed by atoms with Crippen molar-refractivity contribution in [3.8, 4) is 0 Å². The molecule has 1 saturated heterocycles. The van der Waals surface area contributed by atoms with Crippen molar-refractivity contribution in [3.63, 3.8) is 0 Å². The van der Waals surface area contributed by atoms with E-state index in [1.165, 1.54) is 0 Å². The molecule has 1 aromatic carbocycles. The molecule has 1 aliphatic rings. The highest BCUT2D eigenvalue weighted by molar-refractivity contribution is 6.30. The summed E-state index contributed by atoms with van der Waals surface area (Å²) in [5.41, 5.74) is 1.07. The molecule has 2 nitrogen and oxygen atoms in total. The van der Waals surface area contributed by atoms with E-state index in [2.05, 4.69) is 5.32 Å². The van der Waals surface area contributed by atoms with Crippen LogP contribution < -0.4 is 5.32 Å². The van der Waals surface area contributed by atoms with E-state index >= 15 is 0 Å². The molecule has 0 saturated carbocycles. The molecule has 2 N–H and O–H groups in total. The predicted molar refractivity (Wildman–Crippen MR) is 52.8 cm³/mol. The van der Waals surface area contributed by atoms with Crippen molar-refractivity contribution in [2.45, 2.75) is 18.6 Å². The van der Waals surface area contributed by atoms with Gasteiger partial charge in [-0.1, -0.05) is 23.7 Å². The summed E-state index contributed by atoms with van der Waals surface area (Å²) in [6.45, 7) is 0.873. The van der Waals surface area contributed by atoms with Crippen LogP contribution in [0.4, 0.5) is 0 Å². The average molecular weight is 198 g/mol. The van der Waals surface area contributed by atoms with Crippen LogP contribution >= 0.6 is 11.6 Å². The van der Waals surface area contributed by atoms with E-state index in [1.54, 1.807) is 0 Å². The van der Waals surface area contributed by atoms with Gasteiger partial charge < -0.3 is 10.4 Å². The molecule has 0 bridgehead atoms. The Balaban J connectivity index is 2.24. The normalized spacial score (nSPS) is 27.8. The van der Waals surface area contributed by atoms with Crippen LogP contribution in [-0.2, 0) is 0 Å². The van der Waals surface area contributed by atoms with Gasteiger partial charge in [0.2, 0.25) is 0 Å². The first kappa shape index (κ1) is 9.00. The number of hydrogen-bond acceptors (Lipinski definition) is 2. The molecule has 0 spiro atoms. The third-order valence-electron chi connectivity index (χ3n) is 2.40. The second-order valence-corrected chi connectivity index (χ2v) is 3.78. The Kier molecular flexibility index (Phi) is 2.54. The van der Waals surface area contributed by atoms with Crippen LogP contribution in [0.5, 0.6) is 0 Å². The van der Waals surface area contributed by atoms with Crippen molar-refractivity contribution in [3.05, 3.63) is 34.9 Å². The molecule has 13 heavy (non-hydrogen) atoms. The fourth-order valence-corrected chi connectivity index (χ4v) is 1.93. The largest absolute Gasteiger partial charge is 0.391 e. The van der Waals surface area contributed by atoms with Gasteiger partial charge in [-0.15, -0.1) is 0 Å². The van der Waals surface area contributed by atoms with Crippen LogP contribution in [0.3, 0.4) is 0 Å². The molecule has 1 aromatic rings. The standard InChI is InChI=1S/C10H12ClNO/c11-8-3-1-2-7(6-8)10-9(13)4-5-12-10/h1-3,6,9-10,12-13H,4-5H2. The lowest BCUT2D eigenvalue weighted by molar-refractivity contribution is 0.160. The lowest BCUT2D eigenvalue weighted by Crippen LogP contribution is -2.20. The third kappa shape index (κ3) is 1.85.